The Morgan fingerprint density at radius 3 is 2.50 bits per heavy atom. The fourth-order valence-corrected chi connectivity index (χ4v) is 3.03. The van der Waals surface area contributed by atoms with Gasteiger partial charge in [-0.1, -0.05) is 37.3 Å². The number of nitrogens with one attached hydrogen (secondary N) is 1. The summed E-state index contributed by atoms with van der Waals surface area (Å²) in [6.07, 6.45) is 5.17. The third kappa shape index (κ3) is 8.33. The van der Waals surface area contributed by atoms with Crippen molar-refractivity contribution in [2.24, 2.45) is 5.92 Å². The molecule has 1 aromatic rings. The average Bonchev–Trinajstić information content (AvgIpc) is 2.38. The Labute approximate surface area is 123 Å². The lowest BCUT2D eigenvalue weighted by atomic mass is 9.95. The third-order valence-electron chi connectivity index (χ3n) is 3.35. The van der Waals surface area contributed by atoms with Gasteiger partial charge in [0.25, 0.3) is 0 Å². The predicted octanol–water partition coefficient (Wildman–Crippen LogP) is 2.67. The molecule has 114 valence electrons. The zero-order chi connectivity index (χ0) is 14.8. The molecule has 1 rings (SSSR count). The first-order chi connectivity index (χ1) is 9.51. The maximum atomic E-state index is 11.2. The van der Waals surface area contributed by atoms with Gasteiger partial charge < -0.3 is 5.32 Å². The second-order valence-electron chi connectivity index (χ2n) is 5.53. The lowest BCUT2D eigenvalue weighted by Gasteiger charge is -2.17. The van der Waals surface area contributed by atoms with Crippen LogP contribution >= 0.6 is 0 Å². The molecule has 4 heteroatoms. The van der Waals surface area contributed by atoms with Crippen molar-refractivity contribution in [3.8, 4) is 0 Å². The van der Waals surface area contributed by atoms with Gasteiger partial charge in [0.05, 0.1) is 0 Å². The minimum atomic E-state index is -2.84. The third-order valence-corrected chi connectivity index (χ3v) is 4.38. The van der Waals surface area contributed by atoms with Crippen LogP contribution in [-0.4, -0.2) is 33.5 Å². The Morgan fingerprint density at radius 1 is 1.20 bits per heavy atom. The molecular weight excluding hydrogens is 270 g/mol. The van der Waals surface area contributed by atoms with Crippen molar-refractivity contribution < 1.29 is 8.42 Å². The van der Waals surface area contributed by atoms with E-state index >= 15 is 0 Å². The molecule has 20 heavy (non-hydrogen) atoms. The van der Waals surface area contributed by atoms with Gasteiger partial charge in [-0.3, -0.25) is 0 Å². The van der Waals surface area contributed by atoms with Crippen LogP contribution in [0, 0.1) is 5.92 Å². The molecule has 1 N–H and O–H groups in total. The summed E-state index contributed by atoms with van der Waals surface area (Å²) in [4.78, 5) is 0. The van der Waals surface area contributed by atoms with Crippen molar-refractivity contribution in [2.45, 2.75) is 32.6 Å². The molecule has 0 saturated carbocycles. The maximum Gasteiger partial charge on any atom is 0.147 e. The van der Waals surface area contributed by atoms with Crippen LogP contribution in [0.1, 0.15) is 31.7 Å². The Morgan fingerprint density at radius 2 is 1.90 bits per heavy atom. The molecule has 0 amide bonds. The second kappa shape index (κ2) is 9.14. The molecule has 0 radical (unpaired) electrons. The molecule has 1 unspecified atom stereocenters. The highest BCUT2D eigenvalue weighted by molar-refractivity contribution is 7.90. The van der Waals surface area contributed by atoms with E-state index in [9.17, 15) is 8.42 Å². The average molecular weight is 297 g/mol. The second-order valence-corrected chi connectivity index (χ2v) is 7.79. The fourth-order valence-electron chi connectivity index (χ4n) is 2.34. The largest absolute Gasteiger partial charge is 0.316 e. The van der Waals surface area contributed by atoms with Crippen LogP contribution in [0.5, 0.6) is 0 Å². The minimum absolute atomic E-state index is 0.298. The van der Waals surface area contributed by atoms with Crippen molar-refractivity contribution in [1.82, 2.24) is 5.32 Å². The quantitative estimate of drug-likeness (QED) is 0.675. The summed E-state index contributed by atoms with van der Waals surface area (Å²) in [5, 5.41) is 3.45. The molecule has 0 saturated heterocycles. The van der Waals surface area contributed by atoms with E-state index in [4.69, 9.17) is 0 Å². The van der Waals surface area contributed by atoms with E-state index in [-0.39, 0.29) is 0 Å². The van der Waals surface area contributed by atoms with Crippen molar-refractivity contribution >= 4 is 9.84 Å². The van der Waals surface area contributed by atoms with Gasteiger partial charge in [0.1, 0.15) is 9.84 Å². The van der Waals surface area contributed by atoms with Crippen LogP contribution in [0.15, 0.2) is 30.3 Å². The van der Waals surface area contributed by atoms with Gasteiger partial charge >= 0.3 is 0 Å². The standard InChI is InChI=1S/C16H27NO2S/c1-3-11-17-14-16(10-7-12-20(2,18)19)13-15-8-5-4-6-9-15/h4-6,8-9,16-17H,3,7,10-14H2,1-2H3. The van der Waals surface area contributed by atoms with Crippen LogP contribution in [0.4, 0.5) is 0 Å². The first kappa shape index (κ1) is 17.2. The van der Waals surface area contributed by atoms with Crippen molar-refractivity contribution in [3.05, 3.63) is 35.9 Å². The monoisotopic (exact) mass is 297 g/mol. The summed E-state index contributed by atoms with van der Waals surface area (Å²) in [5.74, 6) is 0.803. The highest BCUT2D eigenvalue weighted by Crippen LogP contribution is 2.14. The predicted molar refractivity (Wildman–Crippen MR) is 85.7 cm³/mol. The summed E-state index contributed by atoms with van der Waals surface area (Å²) >= 11 is 0. The van der Waals surface area contributed by atoms with Gasteiger partial charge in [0, 0.05) is 12.0 Å². The number of rotatable bonds is 10. The molecule has 0 aliphatic heterocycles. The lowest BCUT2D eigenvalue weighted by Crippen LogP contribution is -2.25. The van der Waals surface area contributed by atoms with Crippen molar-refractivity contribution in [1.29, 1.82) is 0 Å². The van der Waals surface area contributed by atoms with Gasteiger partial charge in [-0.15, -0.1) is 0 Å². The number of benzene rings is 1. The molecule has 0 bridgehead atoms. The molecular formula is C16H27NO2S. The molecule has 0 aliphatic carbocycles. The van der Waals surface area contributed by atoms with Gasteiger partial charge in [-0.2, -0.15) is 0 Å². The van der Waals surface area contributed by atoms with Crippen LogP contribution in [-0.2, 0) is 16.3 Å². The first-order valence-electron chi connectivity index (χ1n) is 7.43. The fraction of sp³-hybridized carbons (Fsp3) is 0.625. The van der Waals surface area contributed by atoms with Gasteiger partial charge in [0.2, 0.25) is 0 Å². The Kier molecular flexibility index (Phi) is 7.85. The molecule has 0 aromatic heterocycles. The summed E-state index contributed by atoms with van der Waals surface area (Å²) < 4.78 is 22.4. The zero-order valence-electron chi connectivity index (χ0n) is 12.6. The smallest absolute Gasteiger partial charge is 0.147 e. The van der Waals surface area contributed by atoms with E-state index in [2.05, 4.69) is 36.5 Å². The van der Waals surface area contributed by atoms with Gasteiger partial charge in [0.15, 0.2) is 0 Å². The normalized spacial score (nSPS) is 13.3. The molecule has 3 nitrogen and oxygen atoms in total. The van der Waals surface area contributed by atoms with E-state index < -0.39 is 9.84 Å². The molecule has 0 spiro atoms. The maximum absolute atomic E-state index is 11.2. The Hall–Kier alpha value is -0.870. The Balaban J connectivity index is 2.46. The summed E-state index contributed by atoms with van der Waals surface area (Å²) in [6, 6.07) is 10.4. The van der Waals surface area contributed by atoms with Crippen LogP contribution in [0.25, 0.3) is 0 Å². The van der Waals surface area contributed by atoms with E-state index in [0.29, 0.717) is 11.7 Å². The SMILES string of the molecule is CCCNCC(CCCS(C)(=O)=O)Cc1ccccc1. The highest BCUT2D eigenvalue weighted by Gasteiger charge is 2.11. The summed E-state index contributed by atoms with van der Waals surface area (Å²) in [6.45, 7) is 4.15. The van der Waals surface area contributed by atoms with E-state index in [1.54, 1.807) is 0 Å². The minimum Gasteiger partial charge on any atom is -0.316 e. The molecule has 0 fully saturated rings. The van der Waals surface area contributed by atoms with Crippen molar-refractivity contribution in [3.63, 3.8) is 0 Å². The molecule has 0 heterocycles. The number of hydrogen-bond donors (Lipinski definition) is 1. The van der Waals surface area contributed by atoms with Crippen LogP contribution in [0.2, 0.25) is 0 Å². The summed E-state index contributed by atoms with van der Waals surface area (Å²) in [7, 11) is -2.84. The molecule has 1 atom stereocenters. The van der Waals surface area contributed by atoms with E-state index in [0.717, 1.165) is 38.8 Å². The molecule has 1 aromatic carbocycles. The number of hydrogen-bond acceptors (Lipinski definition) is 3. The number of sulfone groups is 1. The van der Waals surface area contributed by atoms with Gasteiger partial charge in [-0.25, -0.2) is 8.42 Å². The highest BCUT2D eigenvalue weighted by atomic mass is 32.2. The van der Waals surface area contributed by atoms with Gasteiger partial charge in [-0.05, 0) is 50.3 Å². The van der Waals surface area contributed by atoms with E-state index in [1.807, 2.05) is 6.07 Å². The van der Waals surface area contributed by atoms with E-state index in [1.165, 1.54) is 11.8 Å². The summed E-state index contributed by atoms with van der Waals surface area (Å²) in [5.41, 5.74) is 1.33. The molecule has 0 aliphatic rings. The van der Waals surface area contributed by atoms with Crippen molar-refractivity contribution in [2.75, 3.05) is 25.1 Å². The zero-order valence-corrected chi connectivity index (χ0v) is 13.5. The van der Waals surface area contributed by atoms with Crippen LogP contribution in [0.3, 0.4) is 0 Å². The first-order valence-corrected chi connectivity index (χ1v) is 9.49. The topological polar surface area (TPSA) is 46.2 Å². The Bertz CT molecular complexity index is 457. The lowest BCUT2D eigenvalue weighted by molar-refractivity contribution is 0.438. The van der Waals surface area contributed by atoms with Crippen LogP contribution < -0.4 is 5.32 Å².